The Morgan fingerprint density at radius 3 is 2.59 bits per heavy atom. The molecule has 0 unspecified atom stereocenters. The van der Waals surface area contributed by atoms with Gasteiger partial charge in [0.1, 0.15) is 0 Å². The van der Waals surface area contributed by atoms with Gasteiger partial charge >= 0.3 is 0 Å². The lowest BCUT2D eigenvalue weighted by Crippen LogP contribution is -2.34. The molecular formula is C15H24N2. The normalized spacial score (nSPS) is 16.4. The van der Waals surface area contributed by atoms with Crippen molar-refractivity contribution in [2.24, 2.45) is 5.73 Å². The second kappa shape index (κ2) is 5.54. The molecule has 2 rings (SSSR count). The first-order valence-corrected chi connectivity index (χ1v) is 6.82. The zero-order valence-corrected chi connectivity index (χ0v) is 11.1. The van der Waals surface area contributed by atoms with E-state index in [4.69, 9.17) is 5.73 Å². The third-order valence-electron chi connectivity index (χ3n) is 3.88. The molecule has 0 aromatic heterocycles. The lowest BCUT2D eigenvalue weighted by molar-refractivity contribution is 0.617. The summed E-state index contributed by atoms with van der Waals surface area (Å²) in [4.78, 5) is 2.56. The Kier molecular flexibility index (Phi) is 4.06. The predicted octanol–water partition coefficient (Wildman–Crippen LogP) is 3.22. The van der Waals surface area contributed by atoms with Crippen molar-refractivity contribution in [2.45, 2.75) is 52.1 Å². The van der Waals surface area contributed by atoms with E-state index < -0.39 is 0 Å². The van der Waals surface area contributed by atoms with Gasteiger partial charge in [-0.2, -0.15) is 0 Å². The second-order valence-corrected chi connectivity index (χ2v) is 5.06. The van der Waals surface area contributed by atoms with E-state index in [9.17, 15) is 0 Å². The summed E-state index contributed by atoms with van der Waals surface area (Å²) < 4.78 is 0. The topological polar surface area (TPSA) is 29.3 Å². The van der Waals surface area contributed by atoms with Gasteiger partial charge < -0.3 is 10.6 Å². The van der Waals surface area contributed by atoms with E-state index in [0.717, 1.165) is 12.6 Å². The minimum absolute atomic E-state index is 0.638. The molecule has 1 aliphatic rings. The quantitative estimate of drug-likeness (QED) is 0.863. The van der Waals surface area contributed by atoms with Crippen LogP contribution in [-0.2, 0) is 6.54 Å². The molecule has 0 heterocycles. The highest BCUT2D eigenvalue weighted by Gasteiger charge is 2.23. The highest BCUT2D eigenvalue weighted by atomic mass is 15.2. The Morgan fingerprint density at radius 2 is 2.00 bits per heavy atom. The Labute approximate surface area is 105 Å². The standard InChI is InChI=1S/C15H24N2/c1-3-17(14-6-4-5-7-14)15-10-12(2)8-9-13(15)11-16/h8-10,14H,3-7,11,16H2,1-2H3. The molecule has 0 aliphatic heterocycles. The van der Waals surface area contributed by atoms with E-state index in [1.165, 1.54) is 42.5 Å². The summed E-state index contributed by atoms with van der Waals surface area (Å²) in [5.74, 6) is 0. The predicted molar refractivity (Wildman–Crippen MR) is 74.3 cm³/mol. The molecule has 0 amide bonds. The van der Waals surface area contributed by atoms with Crippen LogP contribution in [0.5, 0.6) is 0 Å². The molecule has 1 aromatic carbocycles. The molecule has 1 saturated carbocycles. The second-order valence-electron chi connectivity index (χ2n) is 5.06. The molecule has 0 atom stereocenters. The molecule has 1 aliphatic carbocycles. The number of nitrogens with zero attached hydrogens (tertiary/aromatic N) is 1. The minimum Gasteiger partial charge on any atom is -0.369 e. The number of rotatable bonds is 4. The van der Waals surface area contributed by atoms with Gasteiger partial charge in [0.05, 0.1) is 0 Å². The fraction of sp³-hybridized carbons (Fsp3) is 0.600. The minimum atomic E-state index is 0.638. The van der Waals surface area contributed by atoms with Crippen LogP contribution in [0.1, 0.15) is 43.7 Å². The van der Waals surface area contributed by atoms with Gasteiger partial charge in [0, 0.05) is 24.8 Å². The van der Waals surface area contributed by atoms with Gasteiger partial charge in [0.2, 0.25) is 0 Å². The summed E-state index contributed by atoms with van der Waals surface area (Å²) in [6.07, 6.45) is 5.44. The third-order valence-corrected chi connectivity index (χ3v) is 3.88. The SMILES string of the molecule is CCN(c1cc(C)ccc1CN)C1CCCC1. The summed E-state index contributed by atoms with van der Waals surface area (Å²) in [6, 6.07) is 7.37. The first kappa shape index (κ1) is 12.4. The van der Waals surface area contributed by atoms with Gasteiger partial charge in [0.15, 0.2) is 0 Å². The number of aryl methyl sites for hydroxylation is 1. The molecule has 2 N–H and O–H groups in total. The van der Waals surface area contributed by atoms with Crippen LogP contribution >= 0.6 is 0 Å². The Morgan fingerprint density at radius 1 is 1.29 bits per heavy atom. The van der Waals surface area contributed by atoms with E-state index in [0.29, 0.717) is 6.54 Å². The van der Waals surface area contributed by atoms with Crippen molar-refractivity contribution >= 4 is 5.69 Å². The molecule has 2 heteroatoms. The fourth-order valence-electron chi connectivity index (χ4n) is 2.96. The fourth-order valence-corrected chi connectivity index (χ4v) is 2.96. The summed E-state index contributed by atoms with van der Waals surface area (Å²) in [7, 11) is 0. The van der Waals surface area contributed by atoms with Crippen LogP contribution in [0.15, 0.2) is 18.2 Å². The smallest absolute Gasteiger partial charge is 0.0416 e. The van der Waals surface area contributed by atoms with Crippen molar-refractivity contribution in [3.05, 3.63) is 29.3 Å². The van der Waals surface area contributed by atoms with E-state index in [1.54, 1.807) is 0 Å². The molecule has 1 fully saturated rings. The van der Waals surface area contributed by atoms with Crippen LogP contribution in [0, 0.1) is 6.92 Å². The number of nitrogens with two attached hydrogens (primary N) is 1. The Hall–Kier alpha value is -1.02. The van der Waals surface area contributed by atoms with E-state index >= 15 is 0 Å². The molecule has 94 valence electrons. The first-order chi connectivity index (χ1) is 8.26. The summed E-state index contributed by atoms with van der Waals surface area (Å²) in [6.45, 7) is 6.13. The van der Waals surface area contributed by atoms with Crippen molar-refractivity contribution in [2.75, 3.05) is 11.4 Å². The van der Waals surface area contributed by atoms with Gasteiger partial charge in [0.25, 0.3) is 0 Å². The van der Waals surface area contributed by atoms with E-state index in [2.05, 4.69) is 36.9 Å². The summed E-state index contributed by atoms with van der Waals surface area (Å²) in [5, 5.41) is 0. The largest absolute Gasteiger partial charge is 0.369 e. The lowest BCUT2D eigenvalue weighted by atomic mass is 10.1. The van der Waals surface area contributed by atoms with Crippen molar-refractivity contribution in [3.8, 4) is 0 Å². The highest BCUT2D eigenvalue weighted by Crippen LogP contribution is 2.30. The number of hydrogen-bond donors (Lipinski definition) is 1. The molecule has 0 spiro atoms. The maximum Gasteiger partial charge on any atom is 0.0416 e. The van der Waals surface area contributed by atoms with Crippen LogP contribution in [0.3, 0.4) is 0 Å². The van der Waals surface area contributed by atoms with Crippen molar-refractivity contribution in [3.63, 3.8) is 0 Å². The molecule has 1 aromatic rings. The Balaban J connectivity index is 2.31. The van der Waals surface area contributed by atoms with Crippen LogP contribution in [0.25, 0.3) is 0 Å². The monoisotopic (exact) mass is 232 g/mol. The maximum absolute atomic E-state index is 5.87. The molecule has 17 heavy (non-hydrogen) atoms. The van der Waals surface area contributed by atoms with E-state index in [1.807, 2.05) is 0 Å². The summed E-state index contributed by atoms with van der Waals surface area (Å²) in [5.41, 5.74) is 9.84. The van der Waals surface area contributed by atoms with Gasteiger partial charge in [-0.05, 0) is 43.9 Å². The molecule has 2 nitrogen and oxygen atoms in total. The van der Waals surface area contributed by atoms with Crippen molar-refractivity contribution in [1.29, 1.82) is 0 Å². The zero-order valence-electron chi connectivity index (χ0n) is 11.1. The van der Waals surface area contributed by atoms with Gasteiger partial charge in [-0.15, -0.1) is 0 Å². The van der Waals surface area contributed by atoms with Crippen molar-refractivity contribution in [1.82, 2.24) is 0 Å². The molecular weight excluding hydrogens is 208 g/mol. The summed E-state index contributed by atoms with van der Waals surface area (Å²) >= 11 is 0. The van der Waals surface area contributed by atoms with Crippen LogP contribution in [0.2, 0.25) is 0 Å². The number of benzene rings is 1. The van der Waals surface area contributed by atoms with Gasteiger partial charge in [-0.1, -0.05) is 25.0 Å². The zero-order chi connectivity index (χ0) is 12.3. The van der Waals surface area contributed by atoms with Gasteiger partial charge in [-0.25, -0.2) is 0 Å². The third kappa shape index (κ3) is 2.63. The average Bonchev–Trinajstić information content (AvgIpc) is 2.84. The van der Waals surface area contributed by atoms with Crippen LogP contribution < -0.4 is 10.6 Å². The van der Waals surface area contributed by atoms with Crippen molar-refractivity contribution < 1.29 is 0 Å². The number of anilines is 1. The van der Waals surface area contributed by atoms with Gasteiger partial charge in [-0.3, -0.25) is 0 Å². The lowest BCUT2D eigenvalue weighted by Gasteiger charge is -2.32. The molecule has 0 radical (unpaired) electrons. The maximum atomic E-state index is 5.87. The first-order valence-electron chi connectivity index (χ1n) is 6.82. The highest BCUT2D eigenvalue weighted by molar-refractivity contribution is 5.56. The molecule has 0 bridgehead atoms. The van der Waals surface area contributed by atoms with E-state index in [-0.39, 0.29) is 0 Å². The van der Waals surface area contributed by atoms with Crippen LogP contribution in [0.4, 0.5) is 5.69 Å². The average molecular weight is 232 g/mol. The van der Waals surface area contributed by atoms with Crippen LogP contribution in [-0.4, -0.2) is 12.6 Å². The Bertz CT molecular complexity index is 367. The number of hydrogen-bond acceptors (Lipinski definition) is 2. The molecule has 0 saturated heterocycles.